The van der Waals surface area contributed by atoms with Gasteiger partial charge in [-0.1, -0.05) is 0 Å². The maximum atomic E-state index is 5.16. The molecule has 7 aromatic rings. The van der Waals surface area contributed by atoms with E-state index in [2.05, 4.69) is 104 Å². The smallest absolute Gasteiger partial charge is 0.117 e. The van der Waals surface area contributed by atoms with Crippen molar-refractivity contribution in [2.75, 3.05) is 0 Å². The molecule has 0 N–H and O–H groups in total. The standard InChI is InChI=1S/C39H45N9/c1-16-17(2)23(8)32-31(22(16)7)40-46(41-32)37-28(13)38(47-42-33-24(9)18(3)19(4)25(10)34(33)43-47)30(15)39(29(37)14)48-44-35-26(11)20(5)21(6)27(12)36(35)45-48/h1-15H3. The second-order valence-corrected chi connectivity index (χ2v) is 14.0. The predicted octanol–water partition coefficient (Wildman–Crippen LogP) is 8.51. The Kier molecular flexibility index (Phi) is 6.95. The molecule has 3 heterocycles. The zero-order chi connectivity index (χ0) is 34.8. The second kappa shape index (κ2) is 10.5. The number of benzene rings is 4. The highest BCUT2D eigenvalue weighted by Gasteiger charge is 2.27. The van der Waals surface area contributed by atoms with E-state index in [1.165, 1.54) is 33.4 Å². The Morgan fingerprint density at radius 3 is 0.500 bits per heavy atom. The topological polar surface area (TPSA) is 92.1 Å². The molecule has 7 rings (SSSR count). The van der Waals surface area contributed by atoms with E-state index in [-0.39, 0.29) is 0 Å². The first-order valence-corrected chi connectivity index (χ1v) is 16.7. The van der Waals surface area contributed by atoms with Crippen LogP contribution >= 0.6 is 0 Å². The molecule has 0 unspecified atom stereocenters. The van der Waals surface area contributed by atoms with Crippen LogP contribution in [0.3, 0.4) is 0 Å². The Morgan fingerprint density at radius 1 is 0.208 bits per heavy atom. The molecule has 9 nitrogen and oxygen atoms in total. The van der Waals surface area contributed by atoms with Crippen molar-refractivity contribution in [3.05, 3.63) is 83.5 Å². The van der Waals surface area contributed by atoms with Gasteiger partial charge in [-0.3, -0.25) is 0 Å². The Labute approximate surface area is 282 Å². The van der Waals surface area contributed by atoms with Gasteiger partial charge in [0, 0.05) is 16.7 Å². The molecule has 0 atom stereocenters. The number of fused-ring (bicyclic) bond motifs is 3. The van der Waals surface area contributed by atoms with Crippen LogP contribution in [0.1, 0.15) is 83.5 Å². The highest BCUT2D eigenvalue weighted by atomic mass is 15.5. The summed E-state index contributed by atoms with van der Waals surface area (Å²) in [7, 11) is 0. The third-order valence-corrected chi connectivity index (χ3v) is 11.8. The molecular formula is C39H45N9. The summed E-state index contributed by atoms with van der Waals surface area (Å²) < 4.78 is 0. The summed E-state index contributed by atoms with van der Waals surface area (Å²) in [6.45, 7) is 32.2. The summed E-state index contributed by atoms with van der Waals surface area (Å²) in [5.41, 5.74) is 25.5. The molecule has 0 fully saturated rings. The van der Waals surface area contributed by atoms with Crippen LogP contribution in [0.25, 0.3) is 50.2 Å². The minimum Gasteiger partial charge on any atom is -0.150 e. The maximum Gasteiger partial charge on any atom is 0.117 e. The SMILES string of the molecule is Cc1c(-n2nc3c(C)c(C)c(C)c(C)c3n2)c(C)c(-n2nc3c(C)c(C)c(C)c(C)c3n2)c(C)c1-n1nc2c(C)c(C)c(C)c(C)c2n1. The highest BCUT2D eigenvalue weighted by Crippen LogP contribution is 2.37. The van der Waals surface area contributed by atoms with Crippen LogP contribution in [0, 0.1) is 104 Å². The molecule has 9 heteroatoms. The number of aromatic nitrogens is 9. The third-order valence-electron chi connectivity index (χ3n) is 11.8. The van der Waals surface area contributed by atoms with Crippen molar-refractivity contribution in [1.82, 2.24) is 45.0 Å². The van der Waals surface area contributed by atoms with Crippen molar-refractivity contribution in [2.24, 2.45) is 0 Å². The average molecular weight is 640 g/mol. The van der Waals surface area contributed by atoms with Crippen LogP contribution in [0.5, 0.6) is 0 Å². The lowest BCUT2D eigenvalue weighted by molar-refractivity contribution is 0.706. The first kappa shape index (κ1) is 31.7. The minimum absolute atomic E-state index is 0.875. The van der Waals surface area contributed by atoms with E-state index in [4.69, 9.17) is 30.6 Å². The molecular weight excluding hydrogens is 594 g/mol. The molecule has 3 aromatic heterocycles. The van der Waals surface area contributed by atoms with E-state index in [0.29, 0.717) is 0 Å². The van der Waals surface area contributed by atoms with E-state index in [9.17, 15) is 0 Å². The molecule has 0 aliphatic carbocycles. The highest BCUT2D eigenvalue weighted by molar-refractivity contribution is 5.86. The fraction of sp³-hybridized carbons (Fsp3) is 0.385. The molecule has 0 amide bonds. The summed E-state index contributed by atoms with van der Waals surface area (Å²) >= 11 is 0. The molecule has 0 saturated carbocycles. The van der Waals surface area contributed by atoms with Gasteiger partial charge in [-0.05, 0) is 171 Å². The Balaban J connectivity index is 1.62. The molecule has 0 bridgehead atoms. The van der Waals surface area contributed by atoms with Crippen LogP contribution in [-0.4, -0.2) is 45.0 Å². The molecule has 0 aliphatic rings. The van der Waals surface area contributed by atoms with Gasteiger partial charge in [0.1, 0.15) is 33.1 Å². The summed E-state index contributed by atoms with van der Waals surface area (Å²) in [4.78, 5) is 5.42. The van der Waals surface area contributed by atoms with E-state index < -0.39 is 0 Å². The van der Waals surface area contributed by atoms with E-state index in [0.717, 1.165) is 100 Å². The average Bonchev–Trinajstić information content (AvgIpc) is 3.81. The number of hydrogen-bond acceptors (Lipinski definition) is 6. The van der Waals surface area contributed by atoms with Crippen LogP contribution < -0.4 is 0 Å². The van der Waals surface area contributed by atoms with Gasteiger partial charge in [0.15, 0.2) is 0 Å². The van der Waals surface area contributed by atoms with Crippen LogP contribution in [0.2, 0.25) is 0 Å². The van der Waals surface area contributed by atoms with Crippen molar-refractivity contribution in [3.63, 3.8) is 0 Å². The summed E-state index contributed by atoms with van der Waals surface area (Å²) in [6, 6.07) is 0. The molecule has 0 radical (unpaired) electrons. The largest absolute Gasteiger partial charge is 0.150 e. The fourth-order valence-electron chi connectivity index (χ4n) is 7.57. The van der Waals surface area contributed by atoms with Gasteiger partial charge in [-0.15, -0.1) is 45.0 Å². The predicted molar refractivity (Wildman–Crippen MR) is 195 cm³/mol. The van der Waals surface area contributed by atoms with Crippen molar-refractivity contribution >= 4 is 33.1 Å². The fourth-order valence-corrected chi connectivity index (χ4v) is 7.57. The van der Waals surface area contributed by atoms with Crippen LogP contribution in [0.4, 0.5) is 0 Å². The summed E-state index contributed by atoms with van der Waals surface area (Å²) in [6.07, 6.45) is 0. The number of nitrogens with zero attached hydrogens (tertiary/aromatic N) is 9. The van der Waals surface area contributed by atoms with Crippen molar-refractivity contribution in [1.29, 1.82) is 0 Å². The van der Waals surface area contributed by atoms with E-state index in [1.807, 2.05) is 14.4 Å². The van der Waals surface area contributed by atoms with Gasteiger partial charge in [-0.25, -0.2) is 0 Å². The van der Waals surface area contributed by atoms with Crippen LogP contribution in [0.15, 0.2) is 0 Å². The molecule has 4 aromatic carbocycles. The van der Waals surface area contributed by atoms with Crippen LogP contribution in [-0.2, 0) is 0 Å². The van der Waals surface area contributed by atoms with E-state index >= 15 is 0 Å². The second-order valence-electron chi connectivity index (χ2n) is 14.0. The molecule has 0 saturated heterocycles. The minimum atomic E-state index is 0.875. The number of aryl methyl sites for hydroxylation is 6. The Bertz CT molecular complexity index is 2120. The van der Waals surface area contributed by atoms with Gasteiger partial charge < -0.3 is 0 Å². The number of rotatable bonds is 3. The lowest BCUT2D eigenvalue weighted by atomic mass is 9.98. The summed E-state index contributed by atoms with van der Waals surface area (Å²) in [5.74, 6) is 0. The van der Waals surface area contributed by atoms with Gasteiger partial charge in [0.2, 0.25) is 0 Å². The quantitative estimate of drug-likeness (QED) is 0.192. The van der Waals surface area contributed by atoms with Gasteiger partial charge in [0.25, 0.3) is 0 Å². The lowest BCUT2D eigenvalue weighted by Crippen LogP contribution is -2.16. The van der Waals surface area contributed by atoms with Gasteiger partial charge in [-0.2, -0.15) is 0 Å². The molecule has 48 heavy (non-hydrogen) atoms. The lowest BCUT2D eigenvalue weighted by Gasteiger charge is -2.20. The van der Waals surface area contributed by atoms with Crippen molar-refractivity contribution in [2.45, 2.75) is 104 Å². The number of hydrogen-bond donors (Lipinski definition) is 0. The van der Waals surface area contributed by atoms with E-state index in [1.54, 1.807) is 0 Å². The zero-order valence-electron chi connectivity index (χ0n) is 31.0. The Morgan fingerprint density at radius 2 is 0.354 bits per heavy atom. The monoisotopic (exact) mass is 639 g/mol. The van der Waals surface area contributed by atoms with Crippen molar-refractivity contribution < 1.29 is 0 Å². The van der Waals surface area contributed by atoms with Crippen molar-refractivity contribution in [3.8, 4) is 17.1 Å². The first-order valence-electron chi connectivity index (χ1n) is 16.7. The first-order chi connectivity index (χ1) is 22.6. The summed E-state index contributed by atoms with van der Waals surface area (Å²) in [5, 5.41) is 31.0. The Hall–Kier alpha value is -4.92. The zero-order valence-corrected chi connectivity index (χ0v) is 31.0. The third kappa shape index (κ3) is 4.09. The molecule has 0 aliphatic heterocycles. The molecule has 246 valence electrons. The van der Waals surface area contributed by atoms with Gasteiger partial charge >= 0.3 is 0 Å². The normalized spacial score (nSPS) is 12.1. The maximum absolute atomic E-state index is 5.16. The molecule has 0 spiro atoms. The van der Waals surface area contributed by atoms with Gasteiger partial charge in [0.05, 0.1) is 17.1 Å².